The van der Waals surface area contributed by atoms with Crippen LogP contribution in [0.15, 0.2) is 46.7 Å². The first kappa shape index (κ1) is 22.5. The molecule has 1 aliphatic heterocycles. The molecule has 30 heavy (non-hydrogen) atoms. The van der Waals surface area contributed by atoms with E-state index in [9.17, 15) is 18.0 Å². The van der Waals surface area contributed by atoms with Gasteiger partial charge in [-0.15, -0.1) is 11.3 Å². The first-order valence-corrected chi connectivity index (χ1v) is 12.3. The molecule has 0 spiro atoms. The van der Waals surface area contributed by atoms with Gasteiger partial charge in [-0.3, -0.25) is 9.59 Å². The lowest BCUT2D eigenvalue weighted by atomic mass is 9.97. The Balaban J connectivity index is 1.59. The molecule has 0 unspecified atom stereocenters. The van der Waals surface area contributed by atoms with Gasteiger partial charge in [0, 0.05) is 25.7 Å². The smallest absolute Gasteiger partial charge is 0.263 e. The second-order valence-corrected chi connectivity index (χ2v) is 10.4. The number of sulfonamides is 1. The van der Waals surface area contributed by atoms with Crippen molar-refractivity contribution in [2.45, 2.75) is 44.2 Å². The van der Waals surface area contributed by atoms with Crippen LogP contribution < -0.4 is 10.0 Å². The van der Waals surface area contributed by atoms with Crippen LogP contribution in [0.5, 0.6) is 0 Å². The summed E-state index contributed by atoms with van der Waals surface area (Å²) >= 11 is 1.40. The maximum Gasteiger partial charge on any atom is 0.263 e. The standard InChI is InChI=1S/C21H27N3O4S2/c1-15(2)23-30(27,28)18-8-3-6-16(12-18)13-22-20(25)17-7-4-10-24(14-17)21(26)19-9-5-11-29-19/h3,5-6,8-9,11-12,15,17,23H,4,7,10,13-14H2,1-2H3,(H,22,25)/t17-/m1/s1. The molecule has 0 aliphatic carbocycles. The molecule has 9 heteroatoms. The van der Waals surface area contributed by atoms with Crippen molar-refractivity contribution in [3.8, 4) is 0 Å². The van der Waals surface area contributed by atoms with Crippen LogP contribution in [-0.4, -0.2) is 44.3 Å². The number of rotatable bonds is 7. The number of carbonyl (C=O) groups excluding carboxylic acids is 2. The summed E-state index contributed by atoms with van der Waals surface area (Å²) in [4.78, 5) is 27.8. The van der Waals surface area contributed by atoms with E-state index in [-0.39, 0.29) is 35.2 Å². The van der Waals surface area contributed by atoms with Gasteiger partial charge in [0.2, 0.25) is 15.9 Å². The van der Waals surface area contributed by atoms with Crippen molar-refractivity contribution < 1.29 is 18.0 Å². The molecule has 2 N–H and O–H groups in total. The summed E-state index contributed by atoms with van der Waals surface area (Å²) in [6.45, 7) is 4.81. The van der Waals surface area contributed by atoms with E-state index in [0.717, 1.165) is 12.8 Å². The fourth-order valence-electron chi connectivity index (χ4n) is 3.47. The van der Waals surface area contributed by atoms with Crippen molar-refractivity contribution in [1.82, 2.24) is 14.9 Å². The summed E-state index contributed by atoms with van der Waals surface area (Å²) in [7, 11) is -3.59. The van der Waals surface area contributed by atoms with Gasteiger partial charge in [0.1, 0.15) is 0 Å². The fourth-order valence-corrected chi connectivity index (χ4v) is 5.48. The minimum absolute atomic E-state index is 0.0296. The zero-order valence-electron chi connectivity index (χ0n) is 17.1. The van der Waals surface area contributed by atoms with Crippen molar-refractivity contribution in [2.24, 2.45) is 5.92 Å². The number of nitrogens with zero attached hydrogens (tertiary/aromatic N) is 1. The minimum Gasteiger partial charge on any atom is -0.352 e. The molecule has 2 amide bonds. The van der Waals surface area contributed by atoms with Gasteiger partial charge < -0.3 is 10.2 Å². The second kappa shape index (κ2) is 9.72. The number of likely N-dealkylation sites (tertiary alicyclic amines) is 1. The monoisotopic (exact) mass is 449 g/mol. The third-order valence-electron chi connectivity index (χ3n) is 4.88. The number of carbonyl (C=O) groups is 2. The van der Waals surface area contributed by atoms with E-state index in [4.69, 9.17) is 0 Å². The van der Waals surface area contributed by atoms with Crippen LogP contribution in [0.4, 0.5) is 0 Å². The Morgan fingerprint density at radius 3 is 2.73 bits per heavy atom. The zero-order valence-corrected chi connectivity index (χ0v) is 18.8. The minimum atomic E-state index is -3.59. The maximum absolute atomic E-state index is 12.7. The number of thiophene rings is 1. The molecule has 1 saturated heterocycles. The molecular formula is C21H27N3O4S2. The van der Waals surface area contributed by atoms with E-state index in [0.29, 0.717) is 23.5 Å². The Morgan fingerprint density at radius 1 is 1.23 bits per heavy atom. The summed E-state index contributed by atoms with van der Waals surface area (Å²) in [5, 5.41) is 4.76. The summed E-state index contributed by atoms with van der Waals surface area (Å²) < 4.78 is 27.2. The second-order valence-electron chi connectivity index (χ2n) is 7.71. The Morgan fingerprint density at radius 2 is 2.03 bits per heavy atom. The first-order valence-electron chi connectivity index (χ1n) is 9.98. The molecule has 2 aromatic rings. The number of nitrogens with one attached hydrogen (secondary N) is 2. The van der Waals surface area contributed by atoms with E-state index in [1.54, 1.807) is 43.0 Å². The van der Waals surface area contributed by atoms with Crippen LogP contribution in [0.2, 0.25) is 0 Å². The third kappa shape index (κ3) is 5.68. The SMILES string of the molecule is CC(C)NS(=O)(=O)c1cccc(CNC(=O)[C@@H]2CCCN(C(=O)c3cccs3)C2)c1. The molecule has 1 aromatic carbocycles. The average Bonchev–Trinajstić information content (AvgIpc) is 3.26. The Bertz CT molecular complexity index is 987. The van der Waals surface area contributed by atoms with E-state index in [1.807, 2.05) is 11.4 Å². The lowest BCUT2D eigenvalue weighted by Gasteiger charge is -2.31. The van der Waals surface area contributed by atoms with Gasteiger partial charge in [0.05, 0.1) is 15.7 Å². The predicted octanol–water partition coefficient (Wildman–Crippen LogP) is 2.60. The normalized spacial score (nSPS) is 17.2. The summed E-state index contributed by atoms with van der Waals surface area (Å²) in [5.74, 6) is -0.414. The van der Waals surface area contributed by atoms with E-state index in [1.165, 1.54) is 17.4 Å². The molecule has 1 atom stereocenters. The Labute approximate surface area is 181 Å². The molecule has 3 rings (SSSR count). The highest BCUT2D eigenvalue weighted by Crippen LogP contribution is 2.21. The molecule has 2 heterocycles. The van der Waals surface area contributed by atoms with Gasteiger partial charge >= 0.3 is 0 Å². The van der Waals surface area contributed by atoms with Crippen molar-refractivity contribution >= 4 is 33.2 Å². The first-order chi connectivity index (χ1) is 14.3. The van der Waals surface area contributed by atoms with Crippen molar-refractivity contribution in [3.05, 3.63) is 52.2 Å². The largest absolute Gasteiger partial charge is 0.352 e. The van der Waals surface area contributed by atoms with E-state index < -0.39 is 10.0 Å². The van der Waals surface area contributed by atoms with Crippen LogP contribution in [0, 0.1) is 5.92 Å². The van der Waals surface area contributed by atoms with Crippen LogP contribution in [0.1, 0.15) is 41.9 Å². The number of hydrogen-bond acceptors (Lipinski definition) is 5. The van der Waals surface area contributed by atoms with Gasteiger partial charge in [-0.25, -0.2) is 13.1 Å². The number of hydrogen-bond donors (Lipinski definition) is 2. The van der Waals surface area contributed by atoms with E-state index in [2.05, 4.69) is 10.0 Å². The van der Waals surface area contributed by atoms with Crippen LogP contribution >= 0.6 is 11.3 Å². The van der Waals surface area contributed by atoms with E-state index >= 15 is 0 Å². The highest BCUT2D eigenvalue weighted by Gasteiger charge is 2.29. The predicted molar refractivity (Wildman–Crippen MR) is 117 cm³/mol. The third-order valence-corrected chi connectivity index (χ3v) is 7.39. The number of amides is 2. The zero-order chi connectivity index (χ0) is 21.7. The molecule has 7 nitrogen and oxygen atoms in total. The van der Waals surface area contributed by atoms with Gasteiger partial charge in [0.15, 0.2) is 0 Å². The molecule has 0 saturated carbocycles. The maximum atomic E-state index is 12.7. The quantitative estimate of drug-likeness (QED) is 0.679. The van der Waals surface area contributed by atoms with Crippen molar-refractivity contribution in [1.29, 1.82) is 0 Å². The molecule has 1 aliphatic rings. The van der Waals surface area contributed by atoms with Gasteiger partial charge in [-0.1, -0.05) is 18.2 Å². The molecular weight excluding hydrogens is 422 g/mol. The van der Waals surface area contributed by atoms with Gasteiger partial charge in [-0.2, -0.15) is 0 Å². The average molecular weight is 450 g/mol. The molecule has 1 aromatic heterocycles. The summed E-state index contributed by atoms with van der Waals surface area (Å²) in [5.41, 5.74) is 0.706. The van der Waals surface area contributed by atoms with Crippen LogP contribution in [0.25, 0.3) is 0 Å². The van der Waals surface area contributed by atoms with Crippen LogP contribution in [0.3, 0.4) is 0 Å². The summed E-state index contributed by atoms with van der Waals surface area (Å²) in [6, 6.07) is 9.98. The van der Waals surface area contributed by atoms with Gasteiger partial charge in [-0.05, 0) is 55.8 Å². The van der Waals surface area contributed by atoms with Crippen LogP contribution in [-0.2, 0) is 21.4 Å². The van der Waals surface area contributed by atoms with Crippen molar-refractivity contribution in [3.63, 3.8) is 0 Å². The molecule has 0 radical (unpaired) electrons. The summed E-state index contributed by atoms with van der Waals surface area (Å²) in [6.07, 6.45) is 1.51. The molecule has 0 bridgehead atoms. The topological polar surface area (TPSA) is 95.6 Å². The highest BCUT2D eigenvalue weighted by molar-refractivity contribution is 7.89. The number of piperidine rings is 1. The lowest BCUT2D eigenvalue weighted by Crippen LogP contribution is -2.45. The van der Waals surface area contributed by atoms with Gasteiger partial charge in [0.25, 0.3) is 5.91 Å². The fraction of sp³-hybridized carbons (Fsp3) is 0.429. The Kier molecular flexibility index (Phi) is 7.27. The molecule has 162 valence electrons. The van der Waals surface area contributed by atoms with Crippen molar-refractivity contribution in [2.75, 3.05) is 13.1 Å². The Hall–Kier alpha value is -2.23. The molecule has 1 fully saturated rings. The lowest BCUT2D eigenvalue weighted by molar-refractivity contribution is -0.126. The number of benzene rings is 1. The highest BCUT2D eigenvalue weighted by atomic mass is 32.2.